The Hall–Kier alpha value is -2.53. The molecule has 0 unspecified atom stereocenters. The first-order valence-corrected chi connectivity index (χ1v) is 10.4. The highest BCUT2D eigenvalue weighted by molar-refractivity contribution is 5.78. The molecule has 0 saturated heterocycles. The number of fused-ring (bicyclic) bond motifs is 1. The van der Waals surface area contributed by atoms with E-state index in [0.29, 0.717) is 24.9 Å². The van der Waals surface area contributed by atoms with E-state index in [2.05, 4.69) is 25.1 Å². The van der Waals surface area contributed by atoms with Crippen LogP contribution in [0.1, 0.15) is 31.2 Å². The maximum atomic E-state index is 13.1. The zero-order valence-corrected chi connectivity index (χ0v) is 17.3. The lowest BCUT2D eigenvalue weighted by Crippen LogP contribution is -2.52. The van der Waals surface area contributed by atoms with Crippen LogP contribution in [0.5, 0.6) is 11.5 Å². The Morgan fingerprint density at radius 2 is 1.79 bits per heavy atom. The average Bonchev–Trinajstić information content (AvgIpc) is 2.89. The fraction of sp³-hybridized carbons (Fsp3) is 0.458. The molecule has 2 aromatic rings. The van der Waals surface area contributed by atoms with E-state index in [1.54, 1.807) is 0 Å². The molecule has 1 heterocycles. The predicted molar refractivity (Wildman–Crippen MR) is 113 cm³/mol. The van der Waals surface area contributed by atoms with Crippen molar-refractivity contribution in [1.29, 1.82) is 0 Å². The van der Waals surface area contributed by atoms with Gasteiger partial charge in [-0.15, -0.1) is 0 Å². The van der Waals surface area contributed by atoms with Crippen molar-refractivity contribution in [3.05, 3.63) is 60.2 Å². The number of hydrogen-bond donors (Lipinski definition) is 0. The maximum absolute atomic E-state index is 13.1. The Bertz CT molecular complexity index is 829. The Morgan fingerprint density at radius 1 is 1.10 bits per heavy atom. The maximum Gasteiger partial charge on any atom is 0.260 e. The van der Waals surface area contributed by atoms with E-state index in [9.17, 15) is 4.79 Å². The second kappa shape index (κ2) is 8.46. The normalized spacial score (nSPS) is 24.0. The van der Waals surface area contributed by atoms with Gasteiger partial charge in [0.15, 0.2) is 6.61 Å². The van der Waals surface area contributed by atoms with Gasteiger partial charge in [0, 0.05) is 18.2 Å². The highest BCUT2D eigenvalue weighted by Gasteiger charge is 2.42. The van der Waals surface area contributed by atoms with Crippen molar-refractivity contribution >= 4 is 5.91 Å². The third kappa shape index (κ3) is 4.56. The molecule has 0 bridgehead atoms. The van der Waals surface area contributed by atoms with Gasteiger partial charge in [0.05, 0.1) is 6.54 Å². The summed E-state index contributed by atoms with van der Waals surface area (Å²) in [6.07, 6.45) is 4.07. The standard InChI is InChI=1S/C24H30N2O3/c1-25(2)20-12-14-24(15-13-20)18-26(16-19-8-6-7-11-22(19)29-24)23(27)17-28-21-9-4-3-5-10-21/h3-11,20H,12-18H2,1-2H3. The van der Waals surface area contributed by atoms with Crippen molar-refractivity contribution < 1.29 is 14.3 Å². The molecule has 0 atom stereocenters. The number of para-hydroxylation sites is 2. The van der Waals surface area contributed by atoms with Crippen LogP contribution in [0.4, 0.5) is 0 Å². The molecular weight excluding hydrogens is 364 g/mol. The fourth-order valence-electron chi connectivity index (χ4n) is 4.44. The van der Waals surface area contributed by atoms with Crippen LogP contribution in [0.25, 0.3) is 0 Å². The van der Waals surface area contributed by atoms with Crippen LogP contribution >= 0.6 is 0 Å². The molecule has 5 nitrogen and oxygen atoms in total. The average molecular weight is 395 g/mol. The minimum atomic E-state index is -0.318. The van der Waals surface area contributed by atoms with Crippen LogP contribution in [0, 0.1) is 0 Å². The highest BCUT2D eigenvalue weighted by atomic mass is 16.5. The summed E-state index contributed by atoms with van der Waals surface area (Å²) in [5, 5.41) is 0. The van der Waals surface area contributed by atoms with Gasteiger partial charge in [-0.1, -0.05) is 36.4 Å². The smallest absolute Gasteiger partial charge is 0.260 e. The SMILES string of the molecule is CN(C)C1CCC2(CC1)CN(C(=O)COc1ccccc1)Cc1ccccc1O2. The first kappa shape index (κ1) is 19.8. The number of carbonyl (C=O) groups is 1. The minimum Gasteiger partial charge on any atom is -0.485 e. The summed E-state index contributed by atoms with van der Waals surface area (Å²) in [4.78, 5) is 17.3. The van der Waals surface area contributed by atoms with Gasteiger partial charge in [-0.2, -0.15) is 0 Å². The molecule has 5 heteroatoms. The lowest BCUT2D eigenvalue weighted by Gasteiger charge is -2.42. The van der Waals surface area contributed by atoms with E-state index in [1.807, 2.05) is 53.4 Å². The molecule has 1 aliphatic carbocycles. The molecule has 0 N–H and O–H groups in total. The summed E-state index contributed by atoms with van der Waals surface area (Å²) >= 11 is 0. The van der Waals surface area contributed by atoms with Crippen LogP contribution < -0.4 is 9.47 Å². The van der Waals surface area contributed by atoms with Crippen LogP contribution in [0.15, 0.2) is 54.6 Å². The van der Waals surface area contributed by atoms with Crippen LogP contribution in [-0.2, 0) is 11.3 Å². The van der Waals surface area contributed by atoms with Gasteiger partial charge in [0.1, 0.15) is 17.1 Å². The largest absolute Gasteiger partial charge is 0.485 e. The number of nitrogens with zero attached hydrogens (tertiary/aromatic N) is 2. The molecule has 2 aliphatic rings. The number of benzene rings is 2. The quantitative estimate of drug-likeness (QED) is 0.792. The van der Waals surface area contributed by atoms with E-state index in [1.165, 1.54) is 0 Å². The van der Waals surface area contributed by atoms with Crippen LogP contribution in [0.3, 0.4) is 0 Å². The summed E-state index contributed by atoms with van der Waals surface area (Å²) in [6, 6.07) is 18.2. The molecule has 154 valence electrons. The molecule has 0 radical (unpaired) electrons. The van der Waals surface area contributed by atoms with Gasteiger partial charge in [0.25, 0.3) is 5.91 Å². The molecule has 1 aliphatic heterocycles. The molecule has 0 aromatic heterocycles. The summed E-state index contributed by atoms with van der Waals surface area (Å²) in [6.45, 7) is 1.22. The third-order valence-corrected chi connectivity index (χ3v) is 6.19. The Morgan fingerprint density at radius 3 is 2.52 bits per heavy atom. The zero-order valence-electron chi connectivity index (χ0n) is 17.3. The van der Waals surface area contributed by atoms with Crippen molar-refractivity contribution in [2.24, 2.45) is 0 Å². The van der Waals surface area contributed by atoms with E-state index in [4.69, 9.17) is 9.47 Å². The van der Waals surface area contributed by atoms with Gasteiger partial charge in [-0.05, 0) is 58.0 Å². The van der Waals surface area contributed by atoms with Gasteiger partial charge < -0.3 is 19.3 Å². The summed E-state index contributed by atoms with van der Waals surface area (Å²) in [5.41, 5.74) is 0.744. The second-order valence-electron chi connectivity index (χ2n) is 8.44. The van der Waals surface area contributed by atoms with Crippen molar-refractivity contribution in [3.63, 3.8) is 0 Å². The molecule has 4 rings (SSSR count). The number of hydrogen-bond acceptors (Lipinski definition) is 4. The van der Waals surface area contributed by atoms with Crippen molar-refractivity contribution in [2.45, 2.75) is 43.9 Å². The van der Waals surface area contributed by atoms with Gasteiger partial charge in [-0.25, -0.2) is 0 Å². The molecule has 2 aromatic carbocycles. The minimum absolute atomic E-state index is 0.00302. The van der Waals surface area contributed by atoms with Crippen molar-refractivity contribution in [3.8, 4) is 11.5 Å². The summed E-state index contributed by atoms with van der Waals surface area (Å²) in [5.74, 6) is 1.63. The number of amides is 1. The predicted octanol–water partition coefficient (Wildman–Crippen LogP) is 3.73. The first-order chi connectivity index (χ1) is 14.0. The third-order valence-electron chi connectivity index (χ3n) is 6.19. The van der Waals surface area contributed by atoms with Gasteiger partial charge in [0.2, 0.25) is 0 Å². The summed E-state index contributed by atoms with van der Waals surface area (Å²) < 4.78 is 12.3. The van der Waals surface area contributed by atoms with Gasteiger partial charge in [-0.3, -0.25) is 4.79 Å². The highest BCUT2D eigenvalue weighted by Crippen LogP contribution is 2.39. The lowest BCUT2D eigenvalue weighted by molar-refractivity contribution is -0.137. The zero-order chi connectivity index (χ0) is 20.3. The second-order valence-corrected chi connectivity index (χ2v) is 8.44. The van der Waals surface area contributed by atoms with Crippen LogP contribution in [0.2, 0.25) is 0 Å². The van der Waals surface area contributed by atoms with E-state index in [-0.39, 0.29) is 18.1 Å². The Labute approximate surface area is 173 Å². The monoisotopic (exact) mass is 394 g/mol. The number of ether oxygens (including phenoxy) is 2. The molecule has 1 fully saturated rings. The first-order valence-electron chi connectivity index (χ1n) is 10.4. The van der Waals surface area contributed by atoms with E-state index < -0.39 is 0 Å². The van der Waals surface area contributed by atoms with Gasteiger partial charge >= 0.3 is 0 Å². The van der Waals surface area contributed by atoms with Crippen LogP contribution in [-0.4, -0.2) is 54.6 Å². The molecule has 1 spiro atoms. The Kier molecular flexibility index (Phi) is 5.76. The molecule has 29 heavy (non-hydrogen) atoms. The van der Waals surface area contributed by atoms with Crippen molar-refractivity contribution in [1.82, 2.24) is 9.80 Å². The van der Waals surface area contributed by atoms with Crippen molar-refractivity contribution in [2.75, 3.05) is 27.2 Å². The lowest BCUT2D eigenvalue weighted by atomic mass is 9.81. The van der Waals surface area contributed by atoms with E-state index >= 15 is 0 Å². The summed E-state index contributed by atoms with van der Waals surface area (Å²) in [7, 11) is 4.28. The molecule has 1 amide bonds. The number of rotatable bonds is 4. The molecule has 1 saturated carbocycles. The fourth-order valence-corrected chi connectivity index (χ4v) is 4.44. The molecular formula is C24H30N2O3. The Balaban J connectivity index is 1.52. The number of carbonyl (C=O) groups excluding carboxylic acids is 1. The topological polar surface area (TPSA) is 42.0 Å². The van der Waals surface area contributed by atoms with E-state index in [0.717, 1.165) is 37.0 Å².